The fourth-order valence-corrected chi connectivity index (χ4v) is 3.27. The van der Waals surface area contributed by atoms with E-state index in [1.807, 2.05) is 5.32 Å². The summed E-state index contributed by atoms with van der Waals surface area (Å²) in [4.78, 5) is 27.7. The highest BCUT2D eigenvalue weighted by molar-refractivity contribution is 7.10. The van der Waals surface area contributed by atoms with Gasteiger partial charge in [-0.15, -0.1) is 0 Å². The number of hydrogen-bond donors (Lipinski definition) is 1. The average Bonchev–Trinajstić information content (AvgIpc) is 3.00. The molecule has 1 N–H and O–H groups in total. The van der Waals surface area contributed by atoms with Gasteiger partial charge in [0.25, 0.3) is 5.91 Å². The van der Waals surface area contributed by atoms with Crippen LogP contribution < -0.4 is 11.0 Å². The van der Waals surface area contributed by atoms with Crippen molar-refractivity contribution in [1.29, 1.82) is 0 Å². The molecule has 3 rings (SSSR count). The van der Waals surface area contributed by atoms with Crippen molar-refractivity contribution in [2.75, 3.05) is 5.32 Å². The van der Waals surface area contributed by atoms with Gasteiger partial charge in [-0.2, -0.15) is 31.3 Å². The molecular formula is C18H10F7N3O2S. The van der Waals surface area contributed by atoms with Crippen molar-refractivity contribution in [3.8, 4) is 0 Å². The van der Waals surface area contributed by atoms with Crippen LogP contribution in [0.3, 0.4) is 0 Å². The molecule has 0 fully saturated rings. The minimum atomic E-state index is -5.11. The van der Waals surface area contributed by atoms with Crippen molar-refractivity contribution in [1.82, 2.24) is 8.94 Å². The number of nitrogens with one attached hydrogen (secondary N) is 1. The molecule has 2 aromatic carbocycles. The molecule has 1 heterocycles. The lowest BCUT2D eigenvalue weighted by atomic mass is 10.0. The monoisotopic (exact) mass is 465 g/mol. The number of benzene rings is 2. The molecule has 13 heteroatoms. The highest BCUT2D eigenvalue weighted by Gasteiger charge is 2.37. The summed E-state index contributed by atoms with van der Waals surface area (Å²) in [5.41, 5.74) is -4.50. The summed E-state index contributed by atoms with van der Waals surface area (Å²) in [6.45, 7) is -0.0333. The second-order valence-corrected chi connectivity index (χ2v) is 7.21. The van der Waals surface area contributed by atoms with Crippen LogP contribution in [0.1, 0.15) is 27.0 Å². The fourth-order valence-electron chi connectivity index (χ4n) is 2.47. The Hall–Kier alpha value is -3.22. The van der Waals surface area contributed by atoms with Gasteiger partial charge in [0.1, 0.15) is 5.82 Å². The predicted octanol–water partition coefficient (Wildman–Crippen LogP) is 4.78. The van der Waals surface area contributed by atoms with Crippen LogP contribution >= 0.6 is 11.5 Å². The van der Waals surface area contributed by atoms with Gasteiger partial charge in [0, 0.05) is 5.56 Å². The molecule has 0 aliphatic rings. The number of nitrogens with zero attached hydrogens (tertiary/aromatic N) is 2. The maximum atomic E-state index is 13.0. The van der Waals surface area contributed by atoms with Crippen molar-refractivity contribution in [3.05, 3.63) is 81.0 Å². The van der Waals surface area contributed by atoms with Crippen LogP contribution in [0.5, 0.6) is 0 Å². The topological polar surface area (TPSA) is 64.0 Å². The molecule has 0 unspecified atom stereocenters. The van der Waals surface area contributed by atoms with Gasteiger partial charge in [-0.3, -0.25) is 10.1 Å². The van der Waals surface area contributed by atoms with E-state index in [4.69, 9.17) is 0 Å². The van der Waals surface area contributed by atoms with Crippen LogP contribution in [-0.2, 0) is 18.9 Å². The van der Waals surface area contributed by atoms with Crippen molar-refractivity contribution >= 4 is 22.6 Å². The Bertz CT molecular complexity index is 1130. The highest BCUT2D eigenvalue weighted by atomic mass is 32.1. The van der Waals surface area contributed by atoms with Gasteiger partial charge in [-0.25, -0.2) is 13.1 Å². The molecule has 31 heavy (non-hydrogen) atoms. The Morgan fingerprint density at radius 1 is 0.968 bits per heavy atom. The van der Waals surface area contributed by atoms with Gasteiger partial charge in [-0.05, 0) is 47.4 Å². The number of amides is 1. The number of halogens is 7. The highest BCUT2D eigenvalue weighted by Crippen LogP contribution is 2.36. The first kappa shape index (κ1) is 22.5. The Kier molecular flexibility index (Phi) is 5.89. The summed E-state index contributed by atoms with van der Waals surface area (Å²) in [7, 11) is 0. The summed E-state index contributed by atoms with van der Waals surface area (Å²) < 4.78 is 91.6. The standard InChI is InChI=1S/C18H10F7N3O2S/c19-13-3-1-9(2-4-13)8-28-16(30)27-15(31-28)26-14(29)10-5-11(17(20,21)22)7-12(6-10)18(23,24)25/h1-7H,8H2,(H,26,27,29,30). The number of alkyl halides is 6. The molecule has 0 radical (unpaired) electrons. The third-order valence-corrected chi connectivity index (χ3v) is 4.79. The SMILES string of the molecule is O=C(Nc1nc(=O)n(Cc2ccc(F)cc2)s1)c1cc(C(F)(F)F)cc(C(F)(F)F)c1. The summed E-state index contributed by atoms with van der Waals surface area (Å²) in [6.07, 6.45) is -10.2. The number of aromatic nitrogens is 2. The maximum Gasteiger partial charge on any atom is 0.416 e. The quantitative estimate of drug-likeness (QED) is 0.564. The first-order valence-corrected chi connectivity index (χ1v) is 9.04. The Balaban J connectivity index is 1.86. The molecule has 3 aromatic rings. The van der Waals surface area contributed by atoms with E-state index < -0.39 is 46.5 Å². The molecule has 1 aromatic heterocycles. The van der Waals surface area contributed by atoms with E-state index >= 15 is 0 Å². The van der Waals surface area contributed by atoms with E-state index in [1.165, 1.54) is 12.1 Å². The van der Waals surface area contributed by atoms with Gasteiger partial charge in [0.2, 0.25) is 5.13 Å². The third kappa shape index (κ3) is 5.48. The Morgan fingerprint density at radius 2 is 1.52 bits per heavy atom. The minimum absolute atomic E-state index is 0.0333. The molecule has 0 aliphatic heterocycles. The number of anilines is 1. The van der Waals surface area contributed by atoms with E-state index in [0.29, 0.717) is 17.1 Å². The molecule has 0 bridgehead atoms. The van der Waals surface area contributed by atoms with E-state index in [1.54, 1.807) is 0 Å². The van der Waals surface area contributed by atoms with Crippen LogP contribution in [0.25, 0.3) is 0 Å². The van der Waals surface area contributed by atoms with Crippen molar-refractivity contribution in [2.45, 2.75) is 18.9 Å². The van der Waals surface area contributed by atoms with E-state index in [2.05, 4.69) is 4.98 Å². The first-order chi connectivity index (χ1) is 14.3. The number of hydrogen-bond acceptors (Lipinski definition) is 4. The second-order valence-electron chi connectivity index (χ2n) is 6.20. The lowest BCUT2D eigenvalue weighted by Crippen LogP contribution is -2.18. The molecule has 0 saturated carbocycles. The molecule has 0 spiro atoms. The maximum absolute atomic E-state index is 13.0. The molecule has 0 saturated heterocycles. The van der Waals surface area contributed by atoms with Gasteiger partial charge < -0.3 is 0 Å². The molecule has 0 aliphatic carbocycles. The lowest BCUT2D eigenvalue weighted by Gasteiger charge is -2.13. The third-order valence-electron chi connectivity index (χ3n) is 3.92. The molecule has 1 amide bonds. The number of carbonyl (C=O) groups is 1. The zero-order valence-electron chi connectivity index (χ0n) is 15.0. The van der Waals surface area contributed by atoms with E-state index in [0.717, 1.165) is 16.1 Å². The van der Waals surface area contributed by atoms with Crippen LogP contribution in [0, 0.1) is 5.82 Å². The van der Waals surface area contributed by atoms with E-state index in [-0.39, 0.29) is 29.9 Å². The van der Waals surface area contributed by atoms with Gasteiger partial charge in [0.15, 0.2) is 0 Å². The van der Waals surface area contributed by atoms with Crippen LogP contribution in [0.4, 0.5) is 35.9 Å². The first-order valence-electron chi connectivity index (χ1n) is 8.26. The normalized spacial score (nSPS) is 12.1. The minimum Gasteiger partial charge on any atom is -0.297 e. The van der Waals surface area contributed by atoms with Gasteiger partial charge in [-0.1, -0.05) is 12.1 Å². The Labute approximate surface area is 172 Å². The molecule has 164 valence electrons. The Morgan fingerprint density at radius 3 is 2.03 bits per heavy atom. The van der Waals surface area contributed by atoms with Crippen molar-refractivity contribution < 1.29 is 35.5 Å². The number of carbonyl (C=O) groups excluding carboxylic acids is 1. The van der Waals surface area contributed by atoms with Gasteiger partial charge in [0.05, 0.1) is 17.7 Å². The van der Waals surface area contributed by atoms with E-state index in [9.17, 15) is 40.3 Å². The second kappa shape index (κ2) is 8.13. The largest absolute Gasteiger partial charge is 0.416 e. The zero-order chi connectivity index (χ0) is 23.0. The van der Waals surface area contributed by atoms with Crippen molar-refractivity contribution in [3.63, 3.8) is 0 Å². The van der Waals surface area contributed by atoms with Crippen molar-refractivity contribution in [2.24, 2.45) is 0 Å². The molecule has 0 atom stereocenters. The molecule has 5 nitrogen and oxygen atoms in total. The van der Waals surface area contributed by atoms with Gasteiger partial charge >= 0.3 is 18.0 Å². The molecular weight excluding hydrogens is 455 g/mol. The lowest BCUT2D eigenvalue weighted by molar-refractivity contribution is -0.143. The van der Waals surface area contributed by atoms with Crippen LogP contribution in [-0.4, -0.2) is 14.8 Å². The van der Waals surface area contributed by atoms with Crippen LogP contribution in [0.15, 0.2) is 47.3 Å². The summed E-state index contributed by atoms with van der Waals surface area (Å²) in [6, 6.07) is 5.56. The number of rotatable bonds is 4. The predicted molar refractivity (Wildman–Crippen MR) is 96.3 cm³/mol. The smallest absolute Gasteiger partial charge is 0.297 e. The van der Waals surface area contributed by atoms with Crippen LogP contribution in [0.2, 0.25) is 0 Å². The summed E-state index contributed by atoms with van der Waals surface area (Å²) in [5.74, 6) is -1.80. The fraction of sp³-hybridized carbons (Fsp3) is 0.167. The summed E-state index contributed by atoms with van der Waals surface area (Å²) in [5, 5.41) is 1.69. The average molecular weight is 465 g/mol. The summed E-state index contributed by atoms with van der Waals surface area (Å²) >= 11 is 0.624. The zero-order valence-corrected chi connectivity index (χ0v) is 15.8.